The smallest absolute Gasteiger partial charge is 0.326 e. The number of nitro benzene ring substituents is 1. The van der Waals surface area contributed by atoms with Crippen LogP contribution in [0.4, 0.5) is 11.4 Å². The first-order chi connectivity index (χ1) is 10.3. The van der Waals surface area contributed by atoms with Gasteiger partial charge in [-0.2, -0.15) is 0 Å². The summed E-state index contributed by atoms with van der Waals surface area (Å²) in [5.41, 5.74) is 1.27. The number of aliphatic carboxylic acids is 1. The van der Waals surface area contributed by atoms with Gasteiger partial charge in [-0.15, -0.1) is 0 Å². The van der Waals surface area contributed by atoms with Gasteiger partial charge in [0.05, 0.1) is 4.92 Å². The maximum absolute atomic E-state index is 11.4. The molecule has 0 aliphatic heterocycles. The fourth-order valence-corrected chi connectivity index (χ4v) is 2.31. The molecule has 0 unspecified atom stereocenters. The summed E-state index contributed by atoms with van der Waals surface area (Å²) in [4.78, 5) is 26.2. The number of aromatic nitrogens is 1. The van der Waals surface area contributed by atoms with E-state index in [4.69, 9.17) is 0 Å². The van der Waals surface area contributed by atoms with E-state index < -0.39 is 16.9 Å². The zero-order valence-corrected chi connectivity index (χ0v) is 12.5. The summed E-state index contributed by atoms with van der Waals surface area (Å²) in [5.74, 6) is -1.11. The van der Waals surface area contributed by atoms with Gasteiger partial charge in [0.25, 0.3) is 5.69 Å². The number of benzene rings is 1. The van der Waals surface area contributed by atoms with Crippen LogP contribution in [0.3, 0.4) is 0 Å². The van der Waals surface area contributed by atoms with Gasteiger partial charge in [0.1, 0.15) is 6.04 Å². The zero-order valence-electron chi connectivity index (χ0n) is 12.5. The maximum Gasteiger partial charge on any atom is 0.326 e. The molecule has 0 radical (unpaired) electrons. The van der Waals surface area contributed by atoms with Crippen molar-refractivity contribution in [3.05, 3.63) is 40.1 Å². The molecule has 0 amide bonds. The molecule has 7 nitrogen and oxygen atoms in total. The lowest BCUT2D eigenvalue weighted by molar-refractivity contribution is -0.383. The van der Waals surface area contributed by atoms with Gasteiger partial charge < -0.3 is 10.4 Å². The van der Waals surface area contributed by atoms with Crippen molar-refractivity contribution in [2.24, 2.45) is 5.92 Å². The molecular weight excluding hydrogens is 286 g/mol. The minimum Gasteiger partial charge on any atom is -0.480 e. The number of nitrogens with one attached hydrogen (secondary N) is 1. The van der Waals surface area contributed by atoms with Crippen LogP contribution in [0.25, 0.3) is 10.9 Å². The second-order valence-electron chi connectivity index (χ2n) is 5.45. The second-order valence-corrected chi connectivity index (χ2v) is 5.45. The monoisotopic (exact) mass is 303 g/mol. The highest BCUT2D eigenvalue weighted by atomic mass is 16.6. The van der Waals surface area contributed by atoms with Gasteiger partial charge >= 0.3 is 5.97 Å². The quantitative estimate of drug-likeness (QED) is 0.649. The number of fused-ring (bicyclic) bond motifs is 1. The van der Waals surface area contributed by atoms with Crippen LogP contribution < -0.4 is 5.32 Å². The van der Waals surface area contributed by atoms with Crippen molar-refractivity contribution in [3.63, 3.8) is 0 Å². The molecule has 2 N–H and O–H groups in total. The zero-order chi connectivity index (χ0) is 16.4. The Labute approximate surface area is 127 Å². The topological polar surface area (TPSA) is 105 Å². The number of nitro groups is 1. The largest absolute Gasteiger partial charge is 0.480 e. The third kappa shape index (κ3) is 2.98. The molecule has 0 aliphatic rings. The number of rotatable bonds is 5. The van der Waals surface area contributed by atoms with E-state index in [2.05, 4.69) is 10.3 Å². The molecular formula is C15H17N3O4. The lowest BCUT2D eigenvalue weighted by atomic mass is 10.0. The summed E-state index contributed by atoms with van der Waals surface area (Å²) < 4.78 is 0. The Balaban J connectivity index is 2.61. The van der Waals surface area contributed by atoms with Crippen molar-refractivity contribution in [2.45, 2.75) is 26.8 Å². The Bertz CT molecular complexity index is 743. The SMILES string of the molecule is Cc1cc(N[C@@H](C(=O)O)C(C)C)c2cccc([N+](=O)[O-])c2n1. The molecule has 2 aromatic rings. The average molecular weight is 303 g/mol. The molecule has 1 aromatic carbocycles. The first kappa shape index (κ1) is 15.7. The minimum absolute atomic E-state index is 0.0966. The Morgan fingerprint density at radius 1 is 1.41 bits per heavy atom. The van der Waals surface area contributed by atoms with E-state index >= 15 is 0 Å². The number of anilines is 1. The van der Waals surface area contributed by atoms with E-state index in [-0.39, 0.29) is 17.1 Å². The van der Waals surface area contributed by atoms with Gasteiger partial charge in [0.2, 0.25) is 0 Å². The molecule has 1 heterocycles. The molecule has 7 heteroatoms. The Morgan fingerprint density at radius 2 is 2.09 bits per heavy atom. The van der Waals surface area contributed by atoms with E-state index in [1.54, 1.807) is 39.0 Å². The number of pyridine rings is 1. The minimum atomic E-state index is -0.969. The van der Waals surface area contributed by atoms with E-state index in [0.717, 1.165) is 0 Å². The van der Waals surface area contributed by atoms with Crippen LogP contribution in [-0.4, -0.2) is 27.0 Å². The van der Waals surface area contributed by atoms with E-state index in [9.17, 15) is 20.0 Å². The summed E-state index contributed by atoms with van der Waals surface area (Å²) in [6.45, 7) is 5.31. The van der Waals surface area contributed by atoms with Crippen LogP contribution in [-0.2, 0) is 4.79 Å². The number of non-ortho nitro benzene ring substituents is 1. The number of carbonyl (C=O) groups is 1. The van der Waals surface area contributed by atoms with Gasteiger partial charge in [-0.1, -0.05) is 26.0 Å². The molecule has 0 saturated carbocycles. The van der Waals surface area contributed by atoms with Gasteiger partial charge in [0, 0.05) is 22.8 Å². The van der Waals surface area contributed by atoms with Crippen LogP contribution in [0.1, 0.15) is 19.5 Å². The molecule has 2 rings (SSSR count). The number of hydrogen-bond acceptors (Lipinski definition) is 5. The molecule has 0 aliphatic carbocycles. The van der Waals surface area contributed by atoms with E-state index in [0.29, 0.717) is 16.8 Å². The van der Waals surface area contributed by atoms with Crippen molar-refractivity contribution >= 4 is 28.2 Å². The number of aryl methyl sites for hydroxylation is 1. The standard InChI is InChI=1S/C15H17N3O4/c1-8(2)13(15(19)20)17-11-7-9(3)16-14-10(11)5-4-6-12(14)18(21)22/h4-8,13H,1-3H3,(H,16,17)(H,19,20)/t13-/m1/s1. The number of hydrogen-bond donors (Lipinski definition) is 2. The first-order valence-corrected chi connectivity index (χ1v) is 6.85. The van der Waals surface area contributed by atoms with E-state index in [1.807, 2.05) is 0 Å². The molecule has 1 aromatic heterocycles. The van der Waals surface area contributed by atoms with Crippen LogP contribution in [0.2, 0.25) is 0 Å². The third-order valence-corrected chi connectivity index (χ3v) is 3.39. The molecule has 116 valence electrons. The third-order valence-electron chi connectivity index (χ3n) is 3.39. The average Bonchev–Trinajstić information content (AvgIpc) is 2.42. The predicted octanol–water partition coefficient (Wildman–Crippen LogP) is 2.97. The second kappa shape index (κ2) is 5.97. The summed E-state index contributed by atoms with van der Waals surface area (Å²) in [7, 11) is 0. The van der Waals surface area contributed by atoms with Gasteiger partial charge in [-0.3, -0.25) is 10.1 Å². The molecule has 0 saturated heterocycles. The van der Waals surface area contributed by atoms with Crippen molar-refractivity contribution in [1.82, 2.24) is 4.98 Å². The molecule has 1 atom stereocenters. The fraction of sp³-hybridized carbons (Fsp3) is 0.333. The first-order valence-electron chi connectivity index (χ1n) is 6.85. The van der Waals surface area contributed by atoms with Crippen LogP contribution >= 0.6 is 0 Å². The van der Waals surface area contributed by atoms with Crippen LogP contribution in [0.5, 0.6) is 0 Å². The number of nitrogens with zero attached hydrogens (tertiary/aromatic N) is 2. The van der Waals surface area contributed by atoms with Gasteiger partial charge in [0.15, 0.2) is 5.52 Å². The summed E-state index contributed by atoms with van der Waals surface area (Å²) in [5, 5.41) is 23.9. The summed E-state index contributed by atoms with van der Waals surface area (Å²) in [6, 6.07) is 5.55. The number of carboxylic acid groups (broad SMARTS) is 1. The lowest BCUT2D eigenvalue weighted by Gasteiger charge is -2.20. The predicted molar refractivity (Wildman–Crippen MR) is 83.0 cm³/mol. The van der Waals surface area contributed by atoms with Crippen molar-refractivity contribution in [3.8, 4) is 0 Å². The summed E-state index contributed by atoms with van der Waals surface area (Å²) >= 11 is 0. The van der Waals surface area contributed by atoms with Crippen molar-refractivity contribution < 1.29 is 14.8 Å². The van der Waals surface area contributed by atoms with Crippen LogP contribution in [0, 0.1) is 23.0 Å². The highest BCUT2D eigenvalue weighted by Gasteiger charge is 2.23. The fourth-order valence-electron chi connectivity index (χ4n) is 2.31. The normalized spacial score (nSPS) is 12.4. The molecule has 0 fully saturated rings. The van der Waals surface area contributed by atoms with Gasteiger partial charge in [-0.05, 0) is 18.9 Å². The Morgan fingerprint density at radius 3 is 2.64 bits per heavy atom. The molecule has 0 spiro atoms. The van der Waals surface area contributed by atoms with Crippen molar-refractivity contribution in [2.75, 3.05) is 5.32 Å². The lowest BCUT2D eigenvalue weighted by Crippen LogP contribution is -2.34. The van der Waals surface area contributed by atoms with Crippen molar-refractivity contribution in [1.29, 1.82) is 0 Å². The Kier molecular flexibility index (Phi) is 4.25. The molecule has 22 heavy (non-hydrogen) atoms. The molecule has 0 bridgehead atoms. The highest BCUT2D eigenvalue weighted by molar-refractivity contribution is 5.97. The Hall–Kier alpha value is -2.70. The van der Waals surface area contributed by atoms with Crippen LogP contribution in [0.15, 0.2) is 24.3 Å². The number of carboxylic acids is 1. The highest BCUT2D eigenvalue weighted by Crippen LogP contribution is 2.30. The summed E-state index contributed by atoms with van der Waals surface area (Å²) in [6.07, 6.45) is 0. The maximum atomic E-state index is 11.4. The van der Waals surface area contributed by atoms with E-state index in [1.165, 1.54) is 6.07 Å². The van der Waals surface area contributed by atoms with Gasteiger partial charge in [-0.25, -0.2) is 9.78 Å². The number of para-hydroxylation sites is 1.